The number of ether oxygens (including phenoxy) is 1. The monoisotopic (exact) mass is 844 g/mol. The summed E-state index contributed by atoms with van der Waals surface area (Å²) in [5.41, 5.74) is 5.59. The molecule has 0 spiro atoms. The lowest BCUT2D eigenvalue weighted by atomic mass is 9.99. The number of nitrogens with zero attached hydrogens (tertiary/aromatic N) is 6. The fourth-order valence-corrected chi connectivity index (χ4v) is 9.16. The predicted molar refractivity (Wildman–Crippen MR) is 238 cm³/mol. The number of benzene rings is 5. The van der Waals surface area contributed by atoms with Crippen LogP contribution in [0.1, 0.15) is 56.1 Å². The second kappa shape index (κ2) is 17.5. The number of aromatic nitrogens is 2. The van der Waals surface area contributed by atoms with Crippen LogP contribution in [-0.4, -0.2) is 58.4 Å². The van der Waals surface area contributed by atoms with Gasteiger partial charge in [0.25, 0.3) is 11.8 Å². The maximum absolute atomic E-state index is 15.4. The number of amides is 2. The van der Waals surface area contributed by atoms with E-state index < -0.39 is 12.1 Å². The van der Waals surface area contributed by atoms with Crippen LogP contribution in [0.4, 0.5) is 11.4 Å². The summed E-state index contributed by atoms with van der Waals surface area (Å²) < 4.78 is 8.98. The predicted octanol–water partition coefficient (Wildman–Crippen LogP) is 9.25. The fraction of sp³-hybridized carbons (Fsp3) is 0.204. The van der Waals surface area contributed by atoms with Gasteiger partial charge in [-0.05, 0) is 82.8 Å². The first kappa shape index (κ1) is 39.7. The molecule has 2 amide bonds. The van der Waals surface area contributed by atoms with Gasteiger partial charge >= 0.3 is 5.97 Å². The van der Waals surface area contributed by atoms with E-state index in [1.54, 1.807) is 41.7 Å². The standard InChI is InChI=1S/C49H41ClN6O4S/c50-45-22-21-44(61-45)47(57)54-25-23-53(24-26-54)37-17-19-38(20-18-37)56(31-39-29-52-32-55(39)30-34-15-13-33(28-51)14-16-34)48(58)46(41-12-6-10-35-9-4-5-11-40(35)41)60-49(59)43-27-42(43)36-7-2-1-3-8-36/h1-22,29,32,42-43,46H,23-27,30-31H2. The molecule has 0 bridgehead atoms. The summed E-state index contributed by atoms with van der Waals surface area (Å²) in [5.74, 6) is -1.12. The Bertz CT molecular complexity index is 2730. The maximum Gasteiger partial charge on any atom is 0.310 e. The average Bonchev–Trinajstić information content (AvgIpc) is 3.82. The summed E-state index contributed by atoms with van der Waals surface area (Å²) in [6.07, 6.45) is 2.89. The molecule has 5 aromatic carbocycles. The Morgan fingerprint density at radius 3 is 2.33 bits per heavy atom. The Balaban J connectivity index is 1.03. The molecule has 2 aromatic heterocycles. The minimum atomic E-state index is -1.24. The number of halogens is 1. The summed E-state index contributed by atoms with van der Waals surface area (Å²) in [6.45, 7) is 3.02. The minimum absolute atomic E-state index is 0.0156. The second-order valence-electron chi connectivity index (χ2n) is 15.4. The van der Waals surface area contributed by atoms with Gasteiger partial charge in [0.05, 0.1) is 45.3 Å². The molecule has 9 rings (SSSR count). The van der Waals surface area contributed by atoms with Crippen molar-refractivity contribution in [1.82, 2.24) is 14.5 Å². The largest absolute Gasteiger partial charge is 0.447 e. The van der Waals surface area contributed by atoms with E-state index in [0.717, 1.165) is 33.3 Å². The number of thiophene rings is 1. The molecule has 1 saturated heterocycles. The Labute approximate surface area is 362 Å². The van der Waals surface area contributed by atoms with E-state index in [2.05, 4.69) is 16.0 Å². The van der Waals surface area contributed by atoms with Crippen molar-refractivity contribution < 1.29 is 19.1 Å². The van der Waals surface area contributed by atoms with Crippen LogP contribution in [0.25, 0.3) is 10.8 Å². The zero-order valence-corrected chi connectivity index (χ0v) is 34.7. The number of esters is 1. The summed E-state index contributed by atoms with van der Waals surface area (Å²) >= 11 is 7.39. The van der Waals surface area contributed by atoms with Gasteiger partial charge in [-0.1, -0.05) is 96.5 Å². The van der Waals surface area contributed by atoms with E-state index in [9.17, 15) is 14.9 Å². The van der Waals surface area contributed by atoms with E-state index in [0.29, 0.717) is 65.2 Å². The third-order valence-electron chi connectivity index (χ3n) is 11.6. The summed E-state index contributed by atoms with van der Waals surface area (Å²) in [4.78, 5) is 53.5. The normalized spacial score (nSPS) is 16.5. The number of hydrogen-bond acceptors (Lipinski definition) is 8. The molecule has 2 fully saturated rings. The Kier molecular flexibility index (Phi) is 11.4. The molecular formula is C49H41ClN6O4S. The van der Waals surface area contributed by atoms with Crippen molar-refractivity contribution in [2.24, 2.45) is 5.92 Å². The van der Waals surface area contributed by atoms with Gasteiger partial charge in [0.1, 0.15) is 0 Å². The van der Waals surface area contributed by atoms with Crippen molar-refractivity contribution in [1.29, 1.82) is 5.26 Å². The Morgan fingerprint density at radius 1 is 0.852 bits per heavy atom. The zero-order valence-electron chi connectivity index (χ0n) is 33.1. The van der Waals surface area contributed by atoms with Gasteiger partial charge < -0.3 is 24.0 Å². The highest BCUT2D eigenvalue weighted by Gasteiger charge is 2.47. The number of hydrogen-bond donors (Lipinski definition) is 0. The molecule has 1 saturated carbocycles. The molecule has 7 aromatic rings. The van der Waals surface area contributed by atoms with Gasteiger partial charge in [-0.3, -0.25) is 14.4 Å². The van der Waals surface area contributed by atoms with Gasteiger partial charge in [0.2, 0.25) is 6.10 Å². The molecule has 0 N–H and O–H groups in total. The van der Waals surface area contributed by atoms with Crippen LogP contribution in [0.5, 0.6) is 0 Å². The quantitative estimate of drug-likeness (QED) is 0.113. The molecule has 10 nitrogen and oxygen atoms in total. The second-order valence-corrected chi connectivity index (χ2v) is 17.1. The fourth-order valence-electron chi connectivity index (χ4n) is 8.15. The SMILES string of the molecule is N#Cc1ccc(Cn2cncc2CN(C(=O)C(OC(=O)C2CC2c2ccccc2)c2cccc3ccccc23)c2ccc(N3CCN(C(=O)c4ccc(Cl)s4)CC3)cc2)cc1. The molecule has 3 unspecified atom stereocenters. The number of piperazine rings is 1. The van der Waals surface area contributed by atoms with Crippen LogP contribution in [0.15, 0.2) is 146 Å². The van der Waals surface area contributed by atoms with E-state index in [4.69, 9.17) is 16.3 Å². The highest BCUT2D eigenvalue weighted by molar-refractivity contribution is 7.18. The molecule has 3 atom stereocenters. The third kappa shape index (κ3) is 8.64. The molecule has 12 heteroatoms. The Morgan fingerprint density at radius 2 is 1.59 bits per heavy atom. The first-order valence-corrected chi connectivity index (χ1v) is 21.4. The van der Waals surface area contributed by atoms with Crippen LogP contribution in [-0.2, 0) is 27.4 Å². The lowest BCUT2D eigenvalue weighted by Crippen LogP contribution is -2.48. The molecule has 1 aliphatic heterocycles. The van der Waals surface area contributed by atoms with Gasteiger partial charge in [-0.2, -0.15) is 5.26 Å². The highest BCUT2D eigenvalue weighted by Crippen LogP contribution is 2.49. The van der Waals surface area contributed by atoms with Crippen molar-refractivity contribution in [3.8, 4) is 6.07 Å². The summed E-state index contributed by atoms with van der Waals surface area (Å²) in [7, 11) is 0. The third-order valence-corrected chi connectivity index (χ3v) is 12.8. The molecule has 3 heterocycles. The van der Waals surface area contributed by atoms with Gasteiger partial charge in [0.15, 0.2) is 0 Å². The average molecular weight is 845 g/mol. The first-order valence-electron chi connectivity index (χ1n) is 20.2. The lowest BCUT2D eigenvalue weighted by molar-refractivity contribution is -0.156. The van der Waals surface area contributed by atoms with Crippen molar-refractivity contribution in [3.05, 3.63) is 183 Å². The number of carbonyl (C=O) groups is 3. The van der Waals surface area contributed by atoms with E-state index in [1.807, 2.05) is 119 Å². The smallest absolute Gasteiger partial charge is 0.310 e. The van der Waals surface area contributed by atoms with Crippen LogP contribution < -0.4 is 9.80 Å². The number of fused-ring (bicyclic) bond motifs is 1. The zero-order chi connectivity index (χ0) is 41.9. The van der Waals surface area contributed by atoms with Crippen LogP contribution in [0, 0.1) is 17.2 Å². The molecule has 1 aliphatic carbocycles. The van der Waals surface area contributed by atoms with Crippen molar-refractivity contribution >= 4 is 62.9 Å². The maximum atomic E-state index is 15.4. The first-order chi connectivity index (χ1) is 29.8. The van der Waals surface area contributed by atoms with Gasteiger partial charge in [-0.25, -0.2) is 4.98 Å². The molecule has 304 valence electrons. The van der Waals surface area contributed by atoms with Crippen molar-refractivity contribution in [3.63, 3.8) is 0 Å². The number of rotatable bonds is 12. The summed E-state index contributed by atoms with van der Waals surface area (Å²) in [6, 6.07) is 44.4. The molecule has 2 aliphatic rings. The van der Waals surface area contributed by atoms with Gasteiger partial charge in [-0.15, -0.1) is 11.3 Å². The van der Waals surface area contributed by atoms with Crippen molar-refractivity contribution in [2.75, 3.05) is 36.0 Å². The topological polar surface area (TPSA) is 112 Å². The van der Waals surface area contributed by atoms with E-state index in [1.165, 1.54) is 11.3 Å². The lowest BCUT2D eigenvalue weighted by Gasteiger charge is -2.36. The molecule has 61 heavy (non-hydrogen) atoms. The highest BCUT2D eigenvalue weighted by atomic mass is 35.5. The Hall–Kier alpha value is -6.74. The van der Waals surface area contributed by atoms with Crippen LogP contribution in [0.3, 0.4) is 0 Å². The molecule has 0 radical (unpaired) electrons. The van der Waals surface area contributed by atoms with Gasteiger partial charge in [0, 0.05) is 55.9 Å². The number of anilines is 2. The van der Waals surface area contributed by atoms with Crippen LogP contribution >= 0.6 is 22.9 Å². The summed E-state index contributed by atoms with van der Waals surface area (Å²) in [5, 5.41) is 11.1. The van der Waals surface area contributed by atoms with Crippen LogP contribution in [0.2, 0.25) is 4.34 Å². The number of nitriles is 1. The number of carbonyl (C=O) groups excluding carboxylic acids is 3. The molecular weight excluding hydrogens is 804 g/mol. The van der Waals surface area contributed by atoms with E-state index >= 15 is 4.79 Å². The minimum Gasteiger partial charge on any atom is -0.447 e. The number of imidazole rings is 1. The van der Waals surface area contributed by atoms with E-state index in [-0.39, 0.29) is 30.2 Å². The van der Waals surface area contributed by atoms with Crippen molar-refractivity contribution in [2.45, 2.75) is 31.5 Å².